The molecule has 2 aromatic rings. The van der Waals surface area contributed by atoms with Gasteiger partial charge in [-0.15, -0.1) is 0 Å². The molecule has 0 spiro atoms. The highest BCUT2D eigenvalue weighted by Crippen LogP contribution is 2.11. The second-order valence-corrected chi connectivity index (χ2v) is 3.87. The van der Waals surface area contributed by atoms with Crippen LogP contribution in [0.25, 0.3) is 0 Å². The van der Waals surface area contributed by atoms with Crippen molar-refractivity contribution in [3.05, 3.63) is 41.3 Å². The smallest absolute Gasteiger partial charge is 0.265 e. The number of benzene rings is 1. The van der Waals surface area contributed by atoms with E-state index >= 15 is 0 Å². The zero-order chi connectivity index (χ0) is 12.3. The van der Waals surface area contributed by atoms with Crippen LogP contribution in [0.3, 0.4) is 0 Å². The SMILES string of the molecule is CN(C)c1noc(Cc2ccc(C#N)cc2)n1. The van der Waals surface area contributed by atoms with E-state index in [-0.39, 0.29) is 0 Å². The quantitative estimate of drug-likeness (QED) is 0.798. The average Bonchev–Trinajstić information content (AvgIpc) is 2.79. The second kappa shape index (κ2) is 4.66. The maximum Gasteiger partial charge on any atom is 0.265 e. The Morgan fingerprint density at radius 1 is 1.29 bits per heavy atom. The third kappa shape index (κ3) is 2.61. The summed E-state index contributed by atoms with van der Waals surface area (Å²) in [5.41, 5.74) is 1.69. The Bertz CT molecular complexity index is 536. The highest BCUT2D eigenvalue weighted by Gasteiger charge is 2.08. The highest BCUT2D eigenvalue weighted by molar-refractivity contribution is 5.33. The number of aromatic nitrogens is 2. The number of nitrogens with zero attached hydrogens (tertiary/aromatic N) is 4. The van der Waals surface area contributed by atoms with Gasteiger partial charge in [-0.1, -0.05) is 12.1 Å². The molecule has 0 saturated carbocycles. The molecule has 17 heavy (non-hydrogen) atoms. The van der Waals surface area contributed by atoms with E-state index in [1.807, 2.05) is 26.2 Å². The summed E-state index contributed by atoms with van der Waals surface area (Å²) >= 11 is 0. The summed E-state index contributed by atoms with van der Waals surface area (Å²) < 4.78 is 5.12. The van der Waals surface area contributed by atoms with Gasteiger partial charge in [0.25, 0.3) is 5.95 Å². The molecule has 1 aromatic heterocycles. The second-order valence-electron chi connectivity index (χ2n) is 3.87. The summed E-state index contributed by atoms with van der Waals surface area (Å²) in [7, 11) is 3.71. The van der Waals surface area contributed by atoms with E-state index in [0.29, 0.717) is 23.8 Å². The number of hydrogen-bond acceptors (Lipinski definition) is 5. The Balaban J connectivity index is 2.11. The number of hydrogen-bond donors (Lipinski definition) is 0. The molecule has 0 bridgehead atoms. The fraction of sp³-hybridized carbons (Fsp3) is 0.250. The molecule has 5 heteroatoms. The van der Waals surface area contributed by atoms with Crippen molar-refractivity contribution in [1.82, 2.24) is 10.1 Å². The third-order valence-corrected chi connectivity index (χ3v) is 2.30. The minimum absolute atomic E-state index is 0.564. The lowest BCUT2D eigenvalue weighted by Gasteiger charge is -2.02. The van der Waals surface area contributed by atoms with Gasteiger partial charge >= 0.3 is 0 Å². The lowest BCUT2D eigenvalue weighted by Crippen LogP contribution is -2.10. The van der Waals surface area contributed by atoms with Crippen LogP contribution in [-0.4, -0.2) is 24.2 Å². The molecule has 0 aliphatic carbocycles. The molecule has 0 atom stereocenters. The minimum Gasteiger partial charge on any atom is -0.344 e. The zero-order valence-electron chi connectivity index (χ0n) is 9.71. The van der Waals surface area contributed by atoms with Crippen molar-refractivity contribution in [2.24, 2.45) is 0 Å². The van der Waals surface area contributed by atoms with Crippen LogP contribution in [0.5, 0.6) is 0 Å². The lowest BCUT2D eigenvalue weighted by molar-refractivity contribution is 0.385. The van der Waals surface area contributed by atoms with Gasteiger partial charge in [0, 0.05) is 14.1 Å². The van der Waals surface area contributed by atoms with Crippen molar-refractivity contribution in [2.75, 3.05) is 19.0 Å². The van der Waals surface area contributed by atoms with Gasteiger partial charge in [0.2, 0.25) is 5.89 Å². The van der Waals surface area contributed by atoms with E-state index in [1.165, 1.54) is 0 Å². The standard InChI is InChI=1S/C12H12N4O/c1-16(2)12-14-11(17-15-12)7-9-3-5-10(8-13)6-4-9/h3-6H,7H2,1-2H3. The van der Waals surface area contributed by atoms with Crippen molar-refractivity contribution in [2.45, 2.75) is 6.42 Å². The fourth-order valence-corrected chi connectivity index (χ4v) is 1.37. The Morgan fingerprint density at radius 3 is 2.53 bits per heavy atom. The Kier molecular flexibility index (Phi) is 3.06. The summed E-state index contributed by atoms with van der Waals surface area (Å²) in [6.45, 7) is 0. The Hall–Kier alpha value is -2.35. The molecular formula is C12H12N4O. The maximum absolute atomic E-state index is 8.69. The minimum atomic E-state index is 0.564. The molecule has 86 valence electrons. The van der Waals surface area contributed by atoms with Crippen molar-refractivity contribution in [3.63, 3.8) is 0 Å². The van der Waals surface area contributed by atoms with Crippen molar-refractivity contribution < 1.29 is 4.52 Å². The molecule has 0 radical (unpaired) electrons. The zero-order valence-corrected chi connectivity index (χ0v) is 9.71. The first-order valence-corrected chi connectivity index (χ1v) is 5.18. The van der Waals surface area contributed by atoms with E-state index in [4.69, 9.17) is 9.78 Å². The summed E-state index contributed by atoms with van der Waals surface area (Å²) in [4.78, 5) is 6.01. The molecule has 1 heterocycles. The van der Waals surface area contributed by atoms with Crippen LogP contribution in [0.4, 0.5) is 5.95 Å². The normalized spacial score (nSPS) is 9.94. The van der Waals surface area contributed by atoms with Gasteiger partial charge in [-0.05, 0) is 22.9 Å². The maximum atomic E-state index is 8.69. The van der Waals surface area contributed by atoms with Crippen LogP contribution in [0.2, 0.25) is 0 Å². The molecule has 0 fully saturated rings. The molecule has 0 unspecified atom stereocenters. The molecule has 5 nitrogen and oxygen atoms in total. The van der Waals surface area contributed by atoms with Gasteiger partial charge in [-0.2, -0.15) is 10.2 Å². The monoisotopic (exact) mass is 228 g/mol. The first kappa shape index (κ1) is 11.1. The van der Waals surface area contributed by atoms with Crippen LogP contribution in [0.1, 0.15) is 17.0 Å². The molecule has 1 aromatic carbocycles. The summed E-state index contributed by atoms with van der Waals surface area (Å²) in [5, 5.41) is 12.5. The molecule has 0 N–H and O–H groups in total. The van der Waals surface area contributed by atoms with Crippen LogP contribution in [0.15, 0.2) is 28.8 Å². The summed E-state index contributed by atoms with van der Waals surface area (Å²) in [6, 6.07) is 9.41. The average molecular weight is 228 g/mol. The van der Waals surface area contributed by atoms with Crippen LogP contribution in [0, 0.1) is 11.3 Å². The third-order valence-electron chi connectivity index (χ3n) is 2.30. The van der Waals surface area contributed by atoms with E-state index in [0.717, 1.165) is 5.56 Å². The molecule has 2 rings (SSSR count). The first-order chi connectivity index (χ1) is 8.19. The summed E-state index contributed by atoms with van der Waals surface area (Å²) in [5.74, 6) is 1.13. The van der Waals surface area contributed by atoms with Gasteiger partial charge in [0.15, 0.2) is 0 Å². The van der Waals surface area contributed by atoms with E-state index < -0.39 is 0 Å². The number of anilines is 1. The van der Waals surface area contributed by atoms with Gasteiger partial charge in [-0.3, -0.25) is 0 Å². The predicted molar refractivity (Wildman–Crippen MR) is 62.6 cm³/mol. The van der Waals surface area contributed by atoms with Crippen molar-refractivity contribution >= 4 is 5.95 Å². The molecule has 0 aliphatic rings. The first-order valence-electron chi connectivity index (χ1n) is 5.18. The Labute approximate surface area is 99.3 Å². The number of rotatable bonds is 3. The Morgan fingerprint density at radius 2 is 2.00 bits per heavy atom. The highest BCUT2D eigenvalue weighted by atomic mass is 16.5. The van der Waals surface area contributed by atoms with Gasteiger partial charge in [0.05, 0.1) is 18.1 Å². The van der Waals surface area contributed by atoms with Gasteiger partial charge < -0.3 is 9.42 Å². The molecule has 0 amide bonds. The molecule has 0 aliphatic heterocycles. The fourth-order valence-electron chi connectivity index (χ4n) is 1.37. The van der Waals surface area contributed by atoms with Crippen LogP contribution in [-0.2, 0) is 6.42 Å². The van der Waals surface area contributed by atoms with Crippen LogP contribution >= 0.6 is 0 Å². The number of nitriles is 1. The van der Waals surface area contributed by atoms with Crippen LogP contribution < -0.4 is 4.90 Å². The molecule has 0 saturated heterocycles. The predicted octanol–water partition coefficient (Wildman–Crippen LogP) is 1.60. The van der Waals surface area contributed by atoms with E-state index in [9.17, 15) is 0 Å². The summed E-state index contributed by atoms with van der Waals surface area (Å²) in [6.07, 6.45) is 0.576. The lowest BCUT2D eigenvalue weighted by atomic mass is 10.1. The topological polar surface area (TPSA) is 66.0 Å². The van der Waals surface area contributed by atoms with Crippen molar-refractivity contribution in [3.8, 4) is 6.07 Å². The van der Waals surface area contributed by atoms with Gasteiger partial charge in [0.1, 0.15) is 0 Å². The van der Waals surface area contributed by atoms with Crippen molar-refractivity contribution in [1.29, 1.82) is 5.26 Å². The van der Waals surface area contributed by atoms with E-state index in [2.05, 4.69) is 16.2 Å². The van der Waals surface area contributed by atoms with E-state index in [1.54, 1.807) is 17.0 Å². The largest absolute Gasteiger partial charge is 0.344 e. The van der Waals surface area contributed by atoms with Gasteiger partial charge in [-0.25, -0.2) is 0 Å². The molecular weight excluding hydrogens is 216 g/mol.